The average Bonchev–Trinajstić information content (AvgIpc) is 2.99. The van der Waals surface area contributed by atoms with Gasteiger partial charge in [-0.3, -0.25) is 9.69 Å². The van der Waals surface area contributed by atoms with Gasteiger partial charge in [0.2, 0.25) is 0 Å². The van der Waals surface area contributed by atoms with Gasteiger partial charge < -0.3 is 14.4 Å². The van der Waals surface area contributed by atoms with Crippen LogP contribution in [-0.2, 0) is 14.3 Å². The van der Waals surface area contributed by atoms with Crippen LogP contribution < -0.4 is 0 Å². The predicted octanol–water partition coefficient (Wildman–Crippen LogP) is 3.91. The number of likely N-dealkylation sites (N-methyl/N-ethyl adjacent to an activating group) is 2. The van der Waals surface area contributed by atoms with Crippen molar-refractivity contribution in [3.63, 3.8) is 0 Å². The topological polar surface area (TPSA) is 49.9 Å². The molecule has 162 valence electrons. The third-order valence-corrected chi connectivity index (χ3v) is 3.66. The smallest absolute Gasteiger partial charge is 0.150 e. The minimum absolute atomic E-state index is 0.0237. The fourth-order valence-corrected chi connectivity index (χ4v) is 2.50. The summed E-state index contributed by atoms with van der Waals surface area (Å²) >= 11 is 0. The maximum Gasteiger partial charge on any atom is 0.150 e. The molecule has 0 radical (unpaired) electrons. The monoisotopic (exact) mass is 394 g/mol. The van der Waals surface area contributed by atoms with Gasteiger partial charge in [0.15, 0.2) is 0 Å². The first-order chi connectivity index (χ1) is 13.1. The normalized spacial score (nSPS) is 17.5. The van der Waals surface area contributed by atoms with Gasteiger partial charge in [0.25, 0.3) is 0 Å². The number of rotatable bonds is 8. The van der Waals surface area contributed by atoms with Gasteiger partial charge in [-0.1, -0.05) is 45.6 Å². The van der Waals surface area contributed by atoms with Crippen LogP contribution in [-0.4, -0.2) is 74.4 Å². The van der Waals surface area contributed by atoms with E-state index in [1.807, 2.05) is 0 Å². The second-order valence-electron chi connectivity index (χ2n) is 7.98. The number of nitrogens with zero attached hydrogens (tertiary/aromatic N) is 2. The minimum atomic E-state index is 0.0237. The fourth-order valence-electron chi connectivity index (χ4n) is 2.50. The molecule has 0 saturated carbocycles. The molecule has 1 atom stereocenters. The highest BCUT2D eigenvalue weighted by atomic mass is 16.5. The number of carbonyl (C=O) groups is 2. The van der Waals surface area contributed by atoms with Gasteiger partial charge in [0, 0.05) is 25.2 Å². The van der Waals surface area contributed by atoms with Crippen molar-refractivity contribution in [2.75, 3.05) is 40.3 Å². The van der Waals surface area contributed by atoms with Crippen LogP contribution in [0.5, 0.6) is 0 Å². The van der Waals surface area contributed by atoms with Crippen molar-refractivity contribution in [2.45, 2.75) is 59.2 Å². The highest BCUT2D eigenvalue weighted by Gasteiger charge is 2.24. The molecule has 1 unspecified atom stereocenters. The quantitative estimate of drug-likeness (QED) is 0.355. The van der Waals surface area contributed by atoms with E-state index in [1.54, 1.807) is 18.0 Å². The van der Waals surface area contributed by atoms with E-state index >= 15 is 0 Å². The van der Waals surface area contributed by atoms with Crippen LogP contribution >= 0.6 is 0 Å². The molecule has 0 aromatic heterocycles. The van der Waals surface area contributed by atoms with E-state index in [-0.39, 0.29) is 5.60 Å². The third-order valence-electron chi connectivity index (χ3n) is 3.66. The molecule has 0 spiro atoms. The molecule has 1 fully saturated rings. The Morgan fingerprint density at radius 3 is 2.11 bits per heavy atom. The summed E-state index contributed by atoms with van der Waals surface area (Å²) in [6.45, 7) is 20.9. The number of likely N-dealkylation sites (tertiary alicyclic amines) is 1. The Bertz CT molecular complexity index is 483. The molecule has 0 aromatic rings. The van der Waals surface area contributed by atoms with E-state index in [0.29, 0.717) is 24.8 Å². The van der Waals surface area contributed by atoms with Crippen molar-refractivity contribution in [2.24, 2.45) is 0 Å². The predicted molar refractivity (Wildman–Crippen MR) is 120 cm³/mol. The van der Waals surface area contributed by atoms with Crippen LogP contribution in [0.2, 0.25) is 0 Å². The van der Waals surface area contributed by atoms with Gasteiger partial charge in [-0.25, -0.2) is 0 Å². The molecule has 0 N–H and O–H groups in total. The Balaban J connectivity index is 0. The Labute approximate surface area is 173 Å². The number of aldehydes is 2. The first kappa shape index (κ1) is 28.6. The Morgan fingerprint density at radius 2 is 1.79 bits per heavy atom. The van der Waals surface area contributed by atoms with Crippen molar-refractivity contribution in [1.82, 2.24) is 9.80 Å². The standard InChI is InChI=1S/C11H15NO2.C9H19NO.C3H8/c1-4-10(11(5-2)9-14)8-12(3)6-7-13;1-9(2,3)11-8-5-6-10(4)7-8;1-3-2/h4-5,7,9H,1-2,6,8H2,3H3;8H,5-7H2,1-4H3;3H2,1-2H3/b11-10-;;. The minimum Gasteiger partial charge on any atom is -0.371 e. The summed E-state index contributed by atoms with van der Waals surface area (Å²) in [5, 5.41) is 0. The lowest BCUT2D eigenvalue weighted by Gasteiger charge is -2.24. The number of carbonyl (C=O) groups excluding carboxylic acids is 2. The van der Waals surface area contributed by atoms with E-state index in [1.165, 1.54) is 25.5 Å². The van der Waals surface area contributed by atoms with E-state index in [4.69, 9.17) is 4.74 Å². The largest absolute Gasteiger partial charge is 0.371 e. The lowest BCUT2D eigenvalue weighted by molar-refractivity contribution is -0.108. The van der Waals surface area contributed by atoms with Crippen molar-refractivity contribution in [3.8, 4) is 0 Å². The molecule has 0 aliphatic carbocycles. The van der Waals surface area contributed by atoms with Crippen LogP contribution in [0.15, 0.2) is 36.5 Å². The van der Waals surface area contributed by atoms with Crippen LogP contribution in [0.4, 0.5) is 0 Å². The van der Waals surface area contributed by atoms with Crippen molar-refractivity contribution in [1.29, 1.82) is 0 Å². The molecule has 28 heavy (non-hydrogen) atoms. The van der Waals surface area contributed by atoms with Crippen molar-refractivity contribution < 1.29 is 14.3 Å². The molecular formula is C23H42N2O3. The lowest BCUT2D eigenvalue weighted by Crippen LogP contribution is -2.29. The zero-order chi connectivity index (χ0) is 22.2. The number of hydrogen-bond acceptors (Lipinski definition) is 5. The van der Waals surface area contributed by atoms with Crippen LogP contribution in [0.3, 0.4) is 0 Å². The maximum absolute atomic E-state index is 10.6. The molecular weight excluding hydrogens is 352 g/mol. The highest BCUT2D eigenvalue weighted by Crippen LogP contribution is 2.17. The summed E-state index contributed by atoms with van der Waals surface area (Å²) in [4.78, 5) is 24.9. The summed E-state index contributed by atoms with van der Waals surface area (Å²) in [5.41, 5.74) is 1.31. The van der Waals surface area contributed by atoms with Gasteiger partial charge >= 0.3 is 0 Å². The average molecular weight is 395 g/mol. The van der Waals surface area contributed by atoms with Crippen molar-refractivity contribution in [3.05, 3.63) is 36.5 Å². The SMILES string of the molecule is C=C/C(C=O)=C(\C=C)CN(C)CC=O.CCC.CN1CCC(OC(C)(C)C)C1. The first-order valence-corrected chi connectivity index (χ1v) is 10.00. The Hall–Kier alpha value is -1.56. The third kappa shape index (κ3) is 15.5. The second-order valence-corrected chi connectivity index (χ2v) is 7.98. The van der Waals surface area contributed by atoms with Gasteiger partial charge in [-0.2, -0.15) is 0 Å². The number of allylic oxidation sites excluding steroid dienone is 2. The number of hydrogen-bond donors (Lipinski definition) is 0. The molecule has 1 heterocycles. The fraction of sp³-hybridized carbons (Fsp3) is 0.652. The second kappa shape index (κ2) is 16.4. The Morgan fingerprint density at radius 1 is 1.21 bits per heavy atom. The molecule has 0 aromatic carbocycles. The van der Waals surface area contributed by atoms with Crippen LogP contribution in [0.1, 0.15) is 47.5 Å². The lowest BCUT2D eigenvalue weighted by atomic mass is 10.1. The summed E-state index contributed by atoms with van der Waals surface area (Å²) in [7, 11) is 3.94. The molecule has 1 rings (SSSR count). The molecule has 5 nitrogen and oxygen atoms in total. The molecule has 0 amide bonds. The number of ether oxygens (including phenoxy) is 1. The molecule has 1 aliphatic rings. The van der Waals surface area contributed by atoms with Crippen LogP contribution in [0.25, 0.3) is 0 Å². The molecule has 5 heteroatoms. The zero-order valence-electron chi connectivity index (χ0n) is 19.2. The van der Waals surface area contributed by atoms with Crippen molar-refractivity contribution >= 4 is 12.6 Å². The summed E-state index contributed by atoms with van der Waals surface area (Å²) in [5.74, 6) is 0. The summed E-state index contributed by atoms with van der Waals surface area (Å²) in [6.07, 6.45) is 7.53. The van der Waals surface area contributed by atoms with Gasteiger partial charge in [0.05, 0.1) is 18.2 Å². The first-order valence-electron chi connectivity index (χ1n) is 10.00. The maximum atomic E-state index is 10.6. The van der Waals surface area contributed by atoms with Gasteiger partial charge in [0.1, 0.15) is 12.6 Å². The van der Waals surface area contributed by atoms with Gasteiger partial charge in [-0.05, 0) is 46.9 Å². The Kier molecular flexibility index (Phi) is 16.8. The van der Waals surface area contributed by atoms with Crippen LogP contribution in [0, 0.1) is 0 Å². The summed E-state index contributed by atoms with van der Waals surface area (Å²) < 4.78 is 5.83. The van der Waals surface area contributed by atoms with E-state index < -0.39 is 0 Å². The van der Waals surface area contributed by atoms with E-state index in [0.717, 1.165) is 24.7 Å². The van der Waals surface area contributed by atoms with E-state index in [2.05, 4.69) is 59.7 Å². The zero-order valence-corrected chi connectivity index (χ0v) is 19.2. The van der Waals surface area contributed by atoms with E-state index in [9.17, 15) is 9.59 Å². The molecule has 1 saturated heterocycles. The molecule has 0 bridgehead atoms. The van der Waals surface area contributed by atoms with Gasteiger partial charge in [-0.15, -0.1) is 0 Å². The highest BCUT2D eigenvalue weighted by molar-refractivity contribution is 5.79. The summed E-state index contributed by atoms with van der Waals surface area (Å²) in [6, 6.07) is 0. The molecule has 1 aliphatic heterocycles.